The minimum absolute atomic E-state index is 0.00397. The Bertz CT molecular complexity index is 1380. The first-order chi connectivity index (χ1) is 16.5. The molecule has 9 heteroatoms. The highest BCUT2D eigenvalue weighted by Gasteiger charge is 2.20. The van der Waals surface area contributed by atoms with Crippen LogP contribution in [-0.2, 0) is 15.9 Å². The maximum Gasteiger partial charge on any atom is 0.316 e. The highest BCUT2D eigenvalue weighted by Crippen LogP contribution is 2.32. The van der Waals surface area contributed by atoms with Crippen molar-refractivity contribution in [2.75, 3.05) is 17.7 Å². The molecule has 2 amide bonds. The Hall–Kier alpha value is -3.98. The normalized spacial score (nSPS) is 10.9. The topological polar surface area (TPSA) is 114 Å². The summed E-state index contributed by atoms with van der Waals surface area (Å²) in [5.41, 5.74) is 2.46. The number of nitrogens with one attached hydrogen (secondary N) is 2. The van der Waals surface area contributed by atoms with Crippen molar-refractivity contribution >= 4 is 39.4 Å². The Balaban J connectivity index is 2.00. The molecule has 0 aliphatic heterocycles. The number of nitrogens with zero attached hydrogens (tertiary/aromatic N) is 1. The van der Waals surface area contributed by atoms with Gasteiger partial charge in [0.1, 0.15) is 11.4 Å². The Morgan fingerprint density at radius 3 is 2.06 bits per heavy atom. The van der Waals surface area contributed by atoms with Crippen molar-refractivity contribution in [3.63, 3.8) is 0 Å². The molecule has 35 heavy (non-hydrogen) atoms. The lowest BCUT2D eigenvalue weighted by atomic mass is 9.86. The van der Waals surface area contributed by atoms with Crippen LogP contribution in [0.5, 0.6) is 5.75 Å². The van der Waals surface area contributed by atoms with Crippen molar-refractivity contribution in [2.24, 2.45) is 4.36 Å². The van der Waals surface area contributed by atoms with Gasteiger partial charge in [-0.15, -0.1) is 4.36 Å². The zero-order valence-corrected chi connectivity index (χ0v) is 21.0. The fraction of sp³-hybridized carbons (Fsp3) is 0.231. The van der Waals surface area contributed by atoms with Gasteiger partial charge in [0.15, 0.2) is 0 Å². The molecule has 0 radical (unpaired) electrons. The summed E-state index contributed by atoms with van der Waals surface area (Å²) in [6, 6.07) is 16.8. The van der Waals surface area contributed by atoms with Crippen LogP contribution in [0.3, 0.4) is 0 Å². The maximum absolute atomic E-state index is 13.2. The van der Waals surface area contributed by atoms with Gasteiger partial charge >= 0.3 is 10.5 Å². The highest BCUT2D eigenvalue weighted by molar-refractivity contribution is 7.61. The molecule has 0 bridgehead atoms. The van der Waals surface area contributed by atoms with Crippen LogP contribution in [0.25, 0.3) is 0 Å². The molecule has 0 fully saturated rings. The molecule has 3 rings (SSSR count). The number of amides is 2. The Morgan fingerprint density at radius 1 is 0.886 bits per heavy atom. The smallest absolute Gasteiger partial charge is 0.316 e. The van der Waals surface area contributed by atoms with E-state index < -0.39 is 22.3 Å². The molecule has 0 saturated carbocycles. The summed E-state index contributed by atoms with van der Waals surface area (Å²) in [6.07, 6.45) is 0. The summed E-state index contributed by atoms with van der Waals surface area (Å²) >= 11 is 0. The lowest BCUT2D eigenvalue weighted by molar-refractivity contribution is 0.102. The summed E-state index contributed by atoms with van der Waals surface area (Å²) in [4.78, 5) is 26.2. The molecule has 3 aromatic carbocycles. The first-order valence-electron chi connectivity index (χ1n) is 10.8. The van der Waals surface area contributed by atoms with E-state index >= 15 is 0 Å². The minimum atomic E-state index is -2.79. The second-order valence-corrected chi connectivity index (χ2v) is 9.60. The Labute approximate surface area is 206 Å². The van der Waals surface area contributed by atoms with Crippen LogP contribution in [0.2, 0.25) is 0 Å². The number of benzene rings is 3. The van der Waals surface area contributed by atoms with E-state index in [0.29, 0.717) is 22.6 Å². The average Bonchev–Trinajstić information content (AvgIpc) is 2.80. The molecule has 0 aromatic heterocycles. The third-order valence-electron chi connectivity index (χ3n) is 5.28. The molecular weight excluding hydrogens is 466 g/mol. The van der Waals surface area contributed by atoms with Gasteiger partial charge < -0.3 is 15.4 Å². The van der Waals surface area contributed by atoms with E-state index in [2.05, 4.69) is 35.8 Å². The largest absolute Gasteiger partial charge is 0.497 e. The van der Waals surface area contributed by atoms with Crippen molar-refractivity contribution in [1.82, 2.24) is 0 Å². The van der Waals surface area contributed by atoms with E-state index in [1.165, 1.54) is 13.2 Å². The van der Waals surface area contributed by atoms with Crippen molar-refractivity contribution in [1.29, 1.82) is 0 Å². The van der Waals surface area contributed by atoms with E-state index in [1.54, 1.807) is 49.4 Å². The van der Waals surface area contributed by atoms with Crippen LogP contribution in [0.4, 0.5) is 17.1 Å². The van der Waals surface area contributed by atoms with Gasteiger partial charge in [-0.2, -0.15) is 8.42 Å². The Morgan fingerprint density at radius 2 is 1.51 bits per heavy atom. The number of anilines is 2. The number of rotatable bonds is 6. The number of methoxy groups -OCH3 is 1. The second-order valence-electron chi connectivity index (χ2n) is 8.98. The SMILES string of the molecule is COc1ccc(NC(=O)c2cc(C)cc(N=S(=O)=O)c2NC(=O)c2ccc(C(C)(C)C)cc2)cc1. The van der Waals surface area contributed by atoms with Gasteiger partial charge in [0, 0.05) is 11.3 Å². The quantitative estimate of drug-likeness (QED) is 0.471. The molecular formula is C26H27N3O5S. The third-order valence-corrected chi connectivity index (χ3v) is 5.62. The van der Waals surface area contributed by atoms with Crippen LogP contribution >= 0.6 is 0 Å². The molecule has 182 valence electrons. The standard InChI is InChI=1S/C26H27N3O5S/c1-16-14-21(25(31)27-19-10-12-20(34-5)13-11-19)23(22(15-16)29-35(32)33)28-24(30)17-6-8-18(9-7-17)26(2,3)4/h6-15H,1-5H3,(H,27,31)(H,28,30). The van der Waals surface area contributed by atoms with Gasteiger partial charge in [0.05, 0.1) is 18.4 Å². The summed E-state index contributed by atoms with van der Waals surface area (Å²) < 4.78 is 31.4. The molecule has 0 atom stereocenters. The molecule has 8 nitrogen and oxygen atoms in total. The Kier molecular flexibility index (Phi) is 7.71. The van der Waals surface area contributed by atoms with E-state index in [-0.39, 0.29) is 22.4 Å². The number of carbonyl (C=O) groups excluding carboxylic acids is 2. The molecule has 2 N–H and O–H groups in total. The number of hydrogen-bond donors (Lipinski definition) is 2. The van der Waals surface area contributed by atoms with E-state index in [4.69, 9.17) is 4.74 Å². The zero-order valence-electron chi connectivity index (χ0n) is 20.2. The van der Waals surface area contributed by atoms with Gasteiger partial charge in [-0.3, -0.25) is 9.59 Å². The fourth-order valence-corrected chi connectivity index (χ4v) is 3.71. The predicted molar refractivity (Wildman–Crippen MR) is 136 cm³/mol. The lowest BCUT2D eigenvalue weighted by Gasteiger charge is -2.19. The van der Waals surface area contributed by atoms with Crippen LogP contribution in [0.15, 0.2) is 65.0 Å². The van der Waals surface area contributed by atoms with Gasteiger partial charge in [-0.25, -0.2) is 0 Å². The number of aryl methyl sites for hydroxylation is 1. The van der Waals surface area contributed by atoms with Crippen molar-refractivity contribution in [3.05, 3.63) is 82.9 Å². The number of ether oxygens (including phenoxy) is 1. The monoisotopic (exact) mass is 493 g/mol. The predicted octanol–water partition coefficient (Wildman–Crippen LogP) is 5.50. The lowest BCUT2D eigenvalue weighted by Crippen LogP contribution is -2.19. The van der Waals surface area contributed by atoms with E-state index in [1.807, 2.05) is 12.1 Å². The number of hydrogen-bond acceptors (Lipinski definition) is 6. The van der Waals surface area contributed by atoms with Crippen LogP contribution in [0.1, 0.15) is 52.6 Å². The minimum Gasteiger partial charge on any atom is -0.497 e. The van der Waals surface area contributed by atoms with E-state index in [9.17, 15) is 18.0 Å². The zero-order chi connectivity index (χ0) is 25.8. The van der Waals surface area contributed by atoms with Gasteiger partial charge in [0.2, 0.25) is 0 Å². The van der Waals surface area contributed by atoms with Crippen molar-refractivity contribution < 1.29 is 22.7 Å². The first-order valence-corrected chi connectivity index (χ1v) is 11.8. The molecule has 0 heterocycles. The van der Waals surface area contributed by atoms with Gasteiger partial charge in [-0.05, 0) is 72.0 Å². The van der Waals surface area contributed by atoms with E-state index in [0.717, 1.165) is 5.56 Å². The summed E-state index contributed by atoms with van der Waals surface area (Å²) in [7, 11) is -1.25. The first kappa shape index (κ1) is 25.6. The summed E-state index contributed by atoms with van der Waals surface area (Å²) in [5, 5.41) is 5.44. The van der Waals surface area contributed by atoms with Crippen LogP contribution < -0.4 is 15.4 Å². The second kappa shape index (κ2) is 10.5. The van der Waals surface area contributed by atoms with Crippen molar-refractivity contribution in [2.45, 2.75) is 33.1 Å². The average molecular weight is 494 g/mol. The molecule has 0 unspecified atom stereocenters. The molecule has 0 aliphatic rings. The molecule has 0 aliphatic carbocycles. The summed E-state index contributed by atoms with van der Waals surface area (Å²) in [5.74, 6) is -0.408. The fourth-order valence-electron chi connectivity index (χ4n) is 3.41. The van der Waals surface area contributed by atoms with Crippen molar-refractivity contribution in [3.8, 4) is 5.75 Å². The maximum atomic E-state index is 13.2. The third kappa shape index (κ3) is 6.54. The number of carbonyl (C=O) groups is 2. The van der Waals surface area contributed by atoms with Gasteiger partial charge in [0.25, 0.3) is 11.8 Å². The molecule has 0 saturated heterocycles. The van der Waals surface area contributed by atoms with Crippen LogP contribution in [0, 0.1) is 6.92 Å². The molecule has 3 aromatic rings. The molecule has 0 spiro atoms. The highest BCUT2D eigenvalue weighted by atomic mass is 32.2. The summed E-state index contributed by atoms with van der Waals surface area (Å²) in [6.45, 7) is 7.91. The van der Waals surface area contributed by atoms with Crippen LogP contribution in [-0.4, -0.2) is 27.3 Å². The van der Waals surface area contributed by atoms with Gasteiger partial charge in [-0.1, -0.05) is 32.9 Å².